The molecule has 0 bridgehead atoms. The Balaban J connectivity index is 1.41. The van der Waals surface area contributed by atoms with Crippen LogP contribution >= 0.6 is 0 Å². The highest BCUT2D eigenvalue weighted by Crippen LogP contribution is 2.37. The summed E-state index contributed by atoms with van der Waals surface area (Å²) in [7, 11) is 0. The molecule has 1 aromatic carbocycles. The maximum Gasteiger partial charge on any atom is 0.341 e. The summed E-state index contributed by atoms with van der Waals surface area (Å²) in [6.07, 6.45) is 4.77. The number of carbonyl (C=O) groups excluding carboxylic acids is 1. The summed E-state index contributed by atoms with van der Waals surface area (Å²) in [6.45, 7) is 2.46. The third-order valence-electron chi connectivity index (χ3n) is 5.80. The average molecular weight is 411 g/mol. The molecule has 0 atom stereocenters. The standard InChI is InChI=1S/C21H21N3O6/c25-19-15-4-3-14(9-17(15)24(13-1-2-13)10-16(19)21(27)28)22-5-7-23(8-6-22)20(26)18-11-29-12-30-18/h3-4,9-11,13H,1-2,5-8,12H2,(H,27,28). The van der Waals surface area contributed by atoms with Crippen molar-refractivity contribution in [3.63, 3.8) is 0 Å². The van der Waals surface area contributed by atoms with Gasteiger partial charge >= 0.3 is 5.97 Å². The average Bonchev–Trinajstić information content (AvgIpc) is 3.45. The van der Waals surface area contributed by atoms with Crippen molar-refractivity contribution in [3.05, 3.63) is 52.2 Å². The minimum Gasteiger partial charge on any atom is -0.477 e. The van der Waals surface area contributed by atoms with Gasteiger partial charge in [-0.1, -0.05) is 0 Å². The van der Waals surface area contributed by atoms with E-state index in [0.717, 1.165) is 24.0 Å². The van der Waals surface area contributed by atoms with Crippen LogP contribution in [0.3, 0.4) is 0 Å². The Labute approximate surface area is 171 Å². The molecule has 1 aliphatic carbocycles. The number of carboxylic acid groups (broad SMARTS) is 1. The molecule has 2 fully saturated rings. The molecule has 5 rings (SSSR count). The molecule has 0 spiro atoms. The van der Waals surface area contributed by atoms with E-state index in [1.807, 2.05) is 16.7 Å². The molecule has 0 unspecified atom stereocenters. The van der Waals surface area contributed by atoms with Gasteiger partial charge in [-0.3, -0.25) is 9.59 Å². The predicted octanol–water partition coefficient (Wildman–Crippen LogP) is 1.53. The number of hydrogen-bond donors (Lipinski definition) is 1. The quantitative estimate of drug-likeness (QED) is 0.814. The Bertz CT molecular complexity index is 1130. The van der Waals surface area contributed by atoms with Crippen LogP contribution in [0, 0.1) is 0 Å². The number of amides is 1. The Morgan fingerprint density at radius 3 is 2.50 bits per heavy atom. The van der Waals surface area contributed by atoms with E-state index < -0.39 is 11.4 Å². The molecule has 3 aliphatic rings. The van der Waals surface area contributed by atoms with Crippen molar-refractivity contribution in [1.29, 1.82) is 0 Å². The van der Waals surface area contributed by atoms with E-state index in [4.69, 9.17) is 9.47 Å². The molecule has 3 heterocycles. The van der Waals surface area contributed by atoms with Gasteiger partial charge in [0, 0.05) is 49.5 Å². The highest BCUT2D eigenvalue weighted by molar-refractivity contribution is 5.94. The van der Waals surface area contributed by atoms with E-state index in [1.165, 1.54) is 12.5 Å². The zero-order valence-electron chi connectivity index (χ0n) is 16.2. The number of nitrogens with zero attached hydrogens (tertiary/aromatic N) is 3. The monoisotopic (exact) mass is 411 g/mol. The van der Waals surface area contributed by atoms with Crippen LogP contribution in [0.2, 0.25) is 0 Å². The summed E-state index contributed by atoms with van der Waals surface area (Å²) in [5.74, 6) is -1.14. The number of fused-ring (bicyclic) bond motifs is 1. The lowest BCUT2D eigenvalue weighted by molar-refractivity contribution is -0.131. The van der Waals surface area contributed by atoms with Crippen molar-refractivity contribution in [2.24, 2.45) is 0 Å². The lowest BCUT2D eigenvalue weighted by atomic mass is 10.1. The molecule has 1 amide bonds. The van der Waals surface area contributed by atoms with Crippen LogP contribution in [0.15, 0.2) is 41.2 Å². The van der Waals surface area contributed by atoms with Gasteiger partial charge in [0.05, 0.1) is 5.52 Å². The van der Waals surface area contributed by atoms with Crippen molar-refractivity contribution in [1.82, 2.24) is 9.47 Å². The van der Waals surface area contributed by atoms with Gasteiger partial charge in [-0.05, 0) is 31.0 Å². The summed E-state index contributed by atoms with van der Waals surface area (Å²) < 4.78 is 12.1. The highest BCUT2D eigenvalue weighted by atomic mass is 16.7. The first kappa shape index (κ1) is 18.5. The second-order valence-electron chi connectivity index (χ2n) is 7.71. The van der Waals surface area contributed by atoms with Crippen LogP contribution in [-0.2, 0) is 14.3 Å². The van der Waals surface area contributed by atoms with Crippen LogP contribution in [0.4, 0.5) is 5.69 Å². The van der Waals surface area contributed by atoms with Crippen molar-refractivity contribution in [3.8, 4) is 0 Å². The fourth-order valence-corrected chi connectivity index (χ4v) is 4.02. The number of hydrogen-bond acceptors (Lipinski definition) is 6. The smallest absolute Gasteiger partial charge is 0.341 e. The van der Waals surface area contributed by atoms with E-state index in [9.17, 15) is 19.5 Å². The topological polar surface area (TPSA) is 101 Å². The molecule has 2 aliphatic heterocycles. The SMILES string of the molecule is O=C(O)c1cn(C2CC2)c2cc(N3CCN(C(=O)C4=COCO4)CC3)ccc2c1=O. The summed E-state index contributed by atoms with van der Waals surface area (Å²) in [4.78, 5) is 40.4. The van der Waals surface area contributed by atoms with Crippen molar-refractivity contribution in [2.45, 2.75) is 18.9 Å². The zero-order valence-corrected chi connectivity index (χ0v) is 16.2. The number of piperazine rings is 1. The fourth-order valence-electron chi connectivity index (χ4n) is 4.02. The summed E-state index contributed by atoms with van der Waals surface area (Å²) in [6, 6.07) is 5.75. The van der Waals surface area contributed by atoms with Gasteiger partial charge in [0.25, 0.3) is 5.91 Å². The largest absolute Gasteiger partial charge is 0.477 e. The van der Waals surface area contributed by atoms with E-state index in [-0.39, 0.29) is 30.1 Å². The normalized spacial score (nSPS) is 18.7. The van der Waals surface area contributed by atoms with Gasteiger partial charge in [0.15, 0.2) is 0 Å². The zero-order chi connectivity index (χ0) is 20.8. The van der Waals surface area contributed by atoms with E-state index in [2.05, 4.69) is 4.90 Å². The Kier molecular flexibility index (Phi) is 4.38. The van der Waals surface area contributed by atoms with E-state index >= 15 is 0 Å². The Hall–Kier alpha value is -3.49. The van der Waals surface area contributed by atoms with Crippen molar-refractivity contribution in [2.75, 3.05) is 37.9 Å². The molecule has 156 valence electrons. The van der Waals surface area contributed by atoms with Crippen LogP contribution in [-0.4, -0.2) is 59.4 Å². The first-order valence-electron chi connectivity index (χ1n) is 9.94. The van der Waals surface area contributed by atoms with Crippen LogP contribution < -0.4 is 10.3 Å². The minimum atomic E-state index is -1.20. The second-order valence-corrected chi connectivity index (χ2v) is 7.71. The number of carbonyl (C=O) groups is 2. The molecule has 0 radical (unpaired) electrons. The third kappa shape index (κ3) is 3.16. The molecule has 9 heteroatoms. The van der Waals surface area contributed by atoms with Gasteiger partial charge in [0.1, 0.15) is 11.8 Å². The molecule has 1 saturated carbocycles. The highest BCUT2D eigenvalue weighted by Gasteiger charge is 2.29. The minimum absolute atomic E-state index is 0.0738. The Morgan fingerprint density at radius 2 is 1.87 bits per heavy atom. The van der Waals surface area contributed by atoms with Crippen LogP contribution in [0.5, 0.6) is 0 Å². The number of aromatic nitrogens is 1. The number of carboxylic acids is 1. The van der Waals surface area contributed by atoms with Crippen LogP contribution in [0.25, 0.3) is 10.9 Å². The summed E-state index contributed by atoms with van der Waals surface area (Å²) >= 11 is 0. The van der Waals surface area contributed by atoms with Gasteiger partial charge in [0.2, 0.25) is 18.0 Å². The van der Waals surface area contributed by atoms with Gasteiger partial charge < -0.3 is 28.9 Å². The fraction of sp³-hybridized carbons (Fsp3) is 0.381. The van der Waals surface area contributed by atoms with Crippen molar-refractivity contribution >= 4 is 28.5 Å². The maximum absolute atomic E-state index is 12.6. The number of pyridine rings is 1. The second kappa shape index (κ2) is 7.08. The molecular formula is C21H21N3O6. The number of anilines is 1. The predicted molar refractivity (Wildman–Crippen MR) is 107 cm³/mol. The van der Waals surface area contributed by atoms with Gasteiger partial charge in [-0.2, -0.15) is 0 Å². The molecule has 1 aromatic heterocycles. The maximum atomic E-state index is 12.6. The Morgan fingerprint density at radius 1 is 1.10 bits per heavy atom. The molecular weight excluding hydrogens is 390 g/mol. The summed E-state index contributed by atoms with van der Waals surface area (Å²) in [5.41, 5.74) is 1.06. The lowest BCUT2D eigenvalue weighted by Gasteiger charge is -2.36. The van der Waals surface area contributed by atoms with Crippen LogP contribution in [0.1, 0.15) is 29.2 Å². The number of aromatic carboxylic acids is 1. The molecule has 2 aromatic rings. The van der Waals surface area contributed by atoms with Crippen molar-refractivity contribution < 1.29 is 24.2 Å². The molecule has 1 N–H and O–H groups in total. The van der Waals surface area contributed by atoms with E-state index in [0.29, 0.717) is 31.6 Å². The molecule has 1 saturated heterocycles. The summed E-state index contributed by atoms with van der Waals surface area (Å²) in [5, 5.41) is 9.81. The first-order chi connectivity index (χ1) is 14.5. The van der Waals surface area contributed by atoms with E-state index in [1.54, 1.807) is 11.0 Å². The number of rotatable bonds is 4. The van der Waals surface area contributed by atoms with Gasteiger partial charge in [-0.25, -0.2) is 4.79 Å². The number of benzene rings is 1. The molecule has 30 heavy (non-hydrogen) atoms. The molecule has 9 nitrogen and oxygen atoms in total. The third-order valence-corrected chi connectivity index (χ3v) is 5.80. The number of ether oxygens (including phenoxy) is 2. The first-order valence-corrected chi connectivity index (χ1v) is 9.94. The lowest BCUT2D eigenvalue weighted by Crippen LogP contribution is -2.49. The van der Waals surface area contributed by atoms with Gasteiger partial charge in [-0.15, -0.1) is 0 Å².